The number of rotatable bonds is 29. The summed E-state index contributed by atoms with van der Waals surface area (Å²) in [5.74, 6) is -1.88. The van der Waals surface area contributed by atoms with Gasteiger partial charge < -0.3 is 60.6 Å². The van der Waals surface area contributed by atoms with Crippen LogP contribution in [0.25, 0.3) is 67.1 Å². The van der Waals surface area contributed by atoms with Crippen LogP contribution in [0, 0.1) is 0 Å². The van der Waals surface area contributed by atoms with Gasteiger partial charge in [-0.15, -0.1) is 0 Å². The normalized spacial score (nSPS) is 13.1. The van der Waals surface area contributed by atoms with Crippen LogP contribution in [0.15, 0.2) is 180 Å². The maximum absolute atomic E-state index is 14.1. The minimum atomic E-state index is -1.05. The Morgan fingerprint density at radius 3 is 1.21 bits per heavy atom. The van der Waals surface area contributed by atoms with E-state index in [9.17, 15) is 38.4 Å². The van der Waals surface area contributed by atoms with Crippen molar-refractivity contribution < 1.29 is 38.4 Å². The fourth-order valence-electron chi connectivity index (χ4n) is 13.4. The summed E-state index contributed by atoms with van der Waals surface area (Å²) in [5.41, 5.74) is 24.3. The molecule has 0 bridgehead atoms. The number of amides is 8. The second-order valence-corrected chi connectivity index (χ2v) is 28.7. The van der Waals surface area contributed by atoms with E-state index < -0.39 is 54.2 Å². The van der Waals surface area contributed by atoms with Gasteiger partial charge in [0.2, 0.25) is 23.6 Å². The topological polar surface area (TPSA) is 291 Å². The highest BCUT2D eigenvalue weighted by Gasteiger charge is 2.36. The van der Waals surface area contributed by atoms with Gasteiger partial charge in [0.15, 0.2) is 0 Å². The molecule has 6 N–H and O–H groups in total. The van der Waals surface area contributed by atoms with E-state index >= 15 is 0 Å². The Balaban J connectivity index is 0.588. The quantitative estimate of drug-likeness (QED) is 0.0274. The Labute approximate surface area is 634 Å². The summed E-state index contributed by atoms with van der Waals surface area (Å²) in [6, 6.07) is 50.9. The van der Waals surface area contributed by atoms with Crippen molar-refractivity contribution in [3.05, 3.63) is 214 Å². The molecule has 0 unspecified atom stereocenters. The molecule has 10 aromatic rings. The number of likely N-dealkylation sites (N-methyl/N-ethyl adjacent to an activating group) is 5. The Kier molecular flexibility index (Phi) is 23.3. The zero-order valence-corrected chi connectivity index (χ0v) is 63.4. The molecule has 0 saturated heterocycles. The molecule has 2 aromatic heterocycles. The molecule has 24 nitrogen and oxygen atoms in total. The molecular formula is C85H92N16O8. The fraction of sp³-hybridized carbons (Fsp3) is 0.294. The Morgan fingerprint density at radius 2 is 0.780 bits per heavy atom. The minimum Gasteiger partial charge on any atom is -0.368 e. The average molecular weight is 1470 g/mol. The van der Waals surface area contributed by atoms with Crippen LogP contribution in [0.5, 0.6) is 0 Å². The molecule has 3 atom stereocenters. The van der Waals surface area contributed by atoms with Crippen molar-refractivity contribution >= 4 is 92.1 Å². The monoisotopic (exact) mass is 1460 g/mol. The van der Waals surface area contributed by atoms with Gasteiger partial charge in [0.05, 0.1) is 51.4 Å². The number of unbranched alkanes of at least 4 members (excludes halogenated alkanes) is 1. The van der Waals surface area contributed by atoms with Gasteiger partial charge in [-0.25, -0.2) is 9.97 Å². The van der Waals surface area contributed by atoms with E-state index in [0.29, 0.717) is 79.2 Å². The number of aromatic amines is 2. The van der Waals surface area contributed by atoms with Crippen molar-refractivity contribution in [2.24, 2.45) is 15.7 Å². The Hall–Kier alpha value is -12.3. The van der Waals surface area contributed by atoms with Crippen LogP contribution in [0.3, 0.4) is 0 Å². The number of hydrogen-bond donors (Lipinski definition) is 5. The molecule has 8 aromatic carbocycles. The van der Waals surface area contributed by atoms with Crippen LogP contribution in [0.4, 0.5) is 11.4 Å². The van der Waals surface area contributed by atoms with Gasteiger partial charge in [0.1, 0.15) is 29.8 Å². The zero-order chi connectivity index (χ0) is 77.5. The van der Waals surface area contributed by atoms with E-state index in [1.165, 1.54) is 40.7 Å². The predicted octanol–water partition coefficient (Wildman–Crippen LogP) is 10.1. The van der Waals surface area contributed by atoms with Gasteiger partial charge in [-0.1, -0.05) is 84.9 Å². The van der Waals surface area contributed by atoms with E-state index in [1.807, 2.05) is 135 Å². The summed E-state index contributed by atoms with van der Waals surface area (Å²) in [4.78, 5) is 145. The number of fused-ring (bicyclic) bond motifs is 4. The van der Waals surface area contributed by atoms with Crippen LogP contribution in [0.2, 0.25) is 0 Å². The molecule has 560 valence electrons. The van der Waals surface area contributed by atoms with E-state index in [1.54, 1.807) is 69.1 Å². The van der Waals surface area contributed by atoms with Gasteiger partial charge in [0.25, 0.3) is 23.6 Å². The lowest BCUT2D eigenvalue weighted by Gasteiger charge is -2.35. The highest BCUT2D eigenvalue weighted by atomic mass is 16.2. The van der Waals surface area contributed by atoms with Crippen LogP contribution < -0.4 is 16.4 Å². The van der Waals surface area contributed by atoms with E-state index in [0.717, 1.165) is 114 Å². The predicted molar refractivity (Wildman–Crippen MR) is 426 cm³/mol. The Morgan fingerprint density at radius 1 is 0.413 bits per heavy atom. The van der Waals surface area contributed by atoms with Crippen LogP contribution >= 0.6 is 0 Å². The maximum atomic E-state index is 14.1. The molecule has 2 aliphatic rings. The van der Waals surface area contributed by atoms with Crippen LogP contribution in [-0.4, -0.2) is 233 Å². The second kappa shape index (κ2) is 33.2. The molecule has 24 heteroatoms. The first-order valence-electron chi connectivity index (χ1n) is 36.6. The Bertz CT molecular complexity index is 5180. The van der Waals surface area contributed by atoms with E-state index in [4.69, 9.17) is 25.7 Å². The van der Waals surface area contributed by atoms with Crippen molar-refractivity contribution in [3.63, 3.8) is 0 Å². The number of nitrogens with zero attached hydrogens (tertiary/aromatic N) is 11. The minimum absolute atomic E-state index is 0.101. The number of carbonyl (C=O) groups is 8. The molecule has 0 fully saturated rings. The third-order valence-electron chi connectivity index (χ3n) is 20.5. The molecule has 4 heterocycles. The van der Waals surface area contributed by atoms with Crippen molar-refractivity contribution in [2.45, 2.75) is 64.6 Å². The van der Waals surface area contributed by atoms with Gasteiger partial charge in [-0.05, 0) is 191 Å². The number of hydrogen-bond acceptors (Lipinski definition) is 14. The van der Waals surface area contributed by atoms with Crippen molar-refractivity contribution in [2.75, 3.05) is 102 Å². The van der Waals surface area contributed by atoms with Crippen molar-refractivity contribution in [3.8, 4) is 45.0 Å². The fourth-order valence-corrected chi connectivity index (χ4v) is 13.4. The first-order valence-corrected chi connectivity index (χ1v) is 36.6. The van der Waals surface area contributed by atoms with Gasteiger partial charge in [-0.3, -0.25) is 48.3 Å². The summed E-state index contributed by atoms with van der Waals surface area (Å²) >= 11 is 0. The summed E-state index contributed by atoms with van der Waals surface area (Å²) < 4.78 is 0. The number of aliphatic imine (C=N–C) groups is 2. The number of H-pyrrole nitrogens is 2. The summed E-state index contributed by atoms with van der Waals surface area (Å²) in [6.45, 7) is 7.41. The summed E-state index contributed by atoms with van der Waals surface area (Å²) in [5, 5.41) is 5.92. The number of nitrogens with one attached hydrogen (secondary N) is 4. The molecule has 12 rings (SSSR count). The molecular weight excluding hydrogens is 1370 g/mol. The molecule has 109 heavy (non-hydrogen) atoms. The lowest BCUT2D eigenvalue weighted by molar-refractivity contribution is -0.150. The lowest BCUT2D eigenvalue weighted by atomic mass is 9.99. The highest BCUT2D eigenvalue weighted by Crippen LogP contribution is 2.37. The third-order valence-corrected chi connectivity index (χ3v) is 20.5. The van der Waals surface area contributed by atoms with Crippen LogP contribution in [0.1, 0.15) is 97.3 Å². The largest absolute Gasteiger partial charge is 0.368 e. The van der Waals surface area contributed by atoms with Crippen molar-refractivity contribution in [1.29, 1.82) is 0 Å². The average Bonchev–Trinajstić information content (AvgIpc) is 1.66. The lowest BCUT2D eigenvalue weighted by Crippen LogP contribution is -2.56. The number of carbonyl (C=O) groups excluding carboxylic acids is 8. The molecule has 0 aliphatic carbocycles. The van der Waals surface area contributed by atoms with E-state index in [2.05, 4.69) is 57.0 Å². The van der Waals surface area contributed by atoms with Gasteiger partial charge in [-0.2, -0.15) is 0 Å². The molecule has 0 spiro atoms. The molecule has 2 aliphatic heterocycles. The number of nitrogens with two attached hydrogens (primary N) is 1. The molecule has 8 amide bonds. The number of benzene rings is 8. The zero-order valence-electron chi connectivity index (χ0n) is 63.4. The van der Waals surface area contributed by atoms with Gasteiger partial charge >= 0.3 is 0 Å². The molecule has 0 saturated carbocycles. The standard InChI is InChI=1S/C85H92N16O8/c1-51(98(9)82(106)52(2)100(11)85(109)61-28-20-57(21-29-61)78-92-69-37-35-65(47-75(69)94-78)63-31-33-67-49-71(90-73(67)45-63)55-16-24-59(25-17-55)80(104)88-39-43-96(6)7)81(105)99(10)53(3)83(107)101(50-76(86)102)41-13-12-40-97(8)84(108)60-26-18-56(19-27-60)77-91-68-36-34-64(46-74(68)93-77)62-30-32-66-48-70(89-72(66)44-62)54-14-22-58(23-15-54)79(103)87-38-42-95(4)5/h14-37,44-47,51-53H,12-13,38-43,48-50H2,1-11H3,(H2,86,102)(H,87,103)(H,88,104)(H,91,93)(H,92,94)/t51-,52-,53-/m0/s1. The third kappa shape index (κ3) is 17.6. The number of imidazole rings is 2. The molecule has 0 radical (unpaired) electrons. The highest BCUT2D eigenvalue weighted by molar-refractivity contribution is 6.09. The van der Waals surface area contributed by atoms with Crippen LogP contribution in [-0.2, 0) is 32.0 Å². The number of primary amides is 1. The number of aromatic nitrogens is 4. The van der Waals surface area contributed by atoms with E-state index in [-0.39, 0.29) is 24.3 Å². The maximum Gasteiger partial charge on any atom is 0.254 e. The smallest absolute Gasteiger partial charge is 0.254 e. The second-order valence-electron chi connectivity index (χ2n) is 28.7. The SMILES string of the molecule is C[C@@H](C(=O)N(C)[C@@H](C)C(=O)N(C)[C@@H](C)C(=O)N(CCCCN(C)C(=O)c1ccc(-c2nc3cc(-c4ccc5c(c4)N=C(c4ccc(C(=O)NCCN(C)C)cc4)C5)ccc3[nH]2)cc1)CC(N)=O)N(C)C(=O)c1ccc(-c2nc3cc(-c4ccc5c(c4)N=C(c4ccc(C(=O)NCCN(C)C)cc4)C5)ccc3[nH]2)cc1. The summed E-state index contributed by atoms with van der Waals surface area (Å²) in [6.07, 6.45) is 2.27. The van der Waals surface area contributed by atoms with Crippen molar-refractivity contribution in [1.82, 2.24) is 64.9 Å². The van der Waals surface area contributed by atoms with Gasteiger partial charge in [0, 0.05) is 114 Å². The first kappa shape index (κ1) is 76.4. The first-order chi connectivity index (χ1) is 52.2. The summed E-state index contributed by atoms with van der Waals surface area (Å²) in [7, 11) is 14.0.